The van der Waals surface area contributed by atoms with Crippen LogP contribution in [0.1, 0.15) is 5.56 Å². The highest BCUT2D eigenvalue weighted by Gasteiger charge is 1.95. The number of benzene rings is 1. The van der Waals surface area contributed by atoms with Gasteiger partial charge in [-0.05, 0) is 17.7 Å². The molecule has 0 spiro atoms. The van der Waals surface area contributed by atoms with E-state index in [4.69, 9.17) is 0 Å². The number of aromatic nitrogens is 1. The topological polar surface area (TPSA) is 15.8 Å². The molecule has 2 heteroatoms. The van der Waals surface area contributed by atoms with E-state index >= 15 is 0 Å². The van der Waals surface area contributed by atoms with Crippen LogP contribution in [0, 0.1) is 6.07 Å². The van der Waals surface area contributed by atoms with Gasteiger partial charge < -0.3 is 4.98 Å². The molecule has 0 bridgehead atoms. The summed E-state index contributed by atoms with van der Waals surface area (Å²) in [5.41, 5.74) is 1.70. The van der Waals surface area contributed by atoms with Crippen molar-refractivity contribution in [2.24, 2.45) is 0 Å². The molecule has 55 valence electrons. The lowest BCUT2D eigenvalue weighted by Crippen LogP contribution is -1.76. The molecule has 0 saturated heterocycles. The zero-order valence-electron chi connectivity index (χ0n) is 5.89. The predicted octanol–water partition coefficient (Wildman–Crippen LogP) is 2.44. The van der Waals surface area contributed by atoms with Crippen LogP contribution in [-0.2, 0) is 6.67 Å². The van der Waals surface area contributed by atoms with E-state index in [-0.39, 0.29) is 0 Å². The van der Waals surface area contributed by atoms with Crippen molar-refractivity contribution in [3.8, 4) is 0 Å². The van der Waals surface area contributed by atoms with Gasteiger partial charge >= 0.3 is 0 Å². The van der Waals surface area contributed by atoms with Gasteiger partial charge in [0.1, 0.15) is 6.67 Å². The van der Waals surface area contributed by atoms with Gasteiger partial charge in [0, 0.05) is 23.2 Å². The average molecular weight is 148 g/mol. The highest BCUT2D eigenvalue weighted by Crippen LogP contribution is 2.13. The predicted molar refractivity (Wildman–Crippen MR) is 41.9 cm³/mol. The quantitative estimate of drug-likeness (QED) is 0.639. The molecule has 0 aliphatic rings. The van der Waals surface area contributed by atoms with E-state index in [0.717, 1.165) is 10.9 Å². The Morgan fingerprint density at radius 3 is 3.18 bits per heavy atom. The van der Waals surface area contributed by atoms with Gasteiger partial charge in [-0.25, -0.2) is 4.39 Å². The fraction of sp³-hybridized carbons (Fsp3) is 0.111. The Balaban J connectivity index is 2.67. The third-order valence-electron chi connectivity index (χ3n) is 1.69. The third-order valence-corrected chi connectivity index (χ3v) is 1.69. The zero-order chi connectivity index (χ0) is 7.68. The minimum atomic E-state index is -0.408. The number of alkyl halides is 1. The van der Waals surface area contributed by atoms with Crippen molar-refractivity contribution in [3.05, 3.63) is 36.0 Å². The lowest BCUT2D eigenvalue weighted by atomic mass is 10.2. The summed E-state index contributed by atoms with van der Waals surface area (Å²) in [6, 6.07) is 8.40. The van der Waals surface area contributed by atoms with Crippen LogP contribution in [0.5, 0.6) is 0 Å². The highest BCUT2D eigenvalue weighted by molar-refractivity contribution is 5.79. The maximum Gasteiger partial charge on any atom is 0.115 e. The first kappa shape index (κ1) is 6.40. The smallest absolute Gasteiger partial charge is 0.115 e. The van der Waals surface area contributed by atoms with Crippen LogP contribution in [0.2, 0.25) is 0 Å². The molecular weight excluding hydrogens is 141 g/mol. The molecule has 0 aliphatic heterocycles. The number of fused-ring (bicyclic) bond motifs is 1. The van der Waals surface area contributed by atoms with Gasteiger partial charge in [0.15, 0.2) is 0 Å². The van der Waals surface area contributed by atoms with Gasteiger partial charge in [0.05, 0.1) is 0 Å². The molecule has 0 aliphatic carbocycles. The molecular formula is C9H7FN. The van der Waals surface area contributed by atoms with Crippen molar-refractivity contribution in [1.82, 2.24) is 4.98 Å². The van der Waals surface area contributed by atoms with Gasteiger partial charge in [0.25, 0.3) is 0 Å². The van der Waals surface area contributed by atoms with Crippen molar-refractivity contribution < 1.29 is 4.39 Å². The summed E-state index contributed by atoms with van der Waals surface area (Å²) < 4.78 is 12.1. The first-order chi connectivity index (χ1) is 5.40. The summed E-state index contributed by atoms with van der Waals surface area (Å²) >= 11 is 0. The van der Waals surface area contributed by atoms with Crippen LogP contribution >= 0.6 is 0 Å². The van der Waals surface area contributed by atoms with Crippen LogP contribution in [0.15, 0.2) is 24.4 Å². The van der Waals surface area contributed by atoms with Crippen molar-refractivity contribution in [3.63, 3.8) is 0 Å². The van der Waals surface area contributed by atoms with Crippen LogP contribution in [0.3, 0.4) is 0 Å². The summed E-state index contributed by atoms with van der Waals surface area (Å²) in [5.74, 6) is 0. The van der Waals surface area contributed by atoms with Gasteiger partial charge in [-0.15, -0.1) is 0 Å². The second-order valence-electron chi connectivity index (χ2n) is 2.45. The molecule has 0 fully saturated rings. The van der Waals surface area contributed by atoms with E-state index in [9.17, 15) is 4.39 Å². The Bertz CT molecular complexity index is 364. The average Bonchev–Trinajstić information content (AvgIpc) is 2.50. The molecule has 0 unspecified atom stereocenters. The molecule has 0 atom stereocenters. The molecule has 1 N–H and O–H groups in total. The standard InChI is InChI=1S/C9H7FN/c10-6-7-1-2-9-8(5-7)3-4-11-9/h1-2,4-5,11H,6H2. The molecule has 2 rings (SSSR count). The number of H-pyrrole nitrogens is 1. The van der Waals surface area contributed by atoms with Crippen LogP contribution < -0.4 is 0 Å². The molecule has 1 aromatic carbocycles. The fourth-order valence-electron chi connectivity index (χ4n) is 1.11. The molecule has 1 nitrogen and oxygen atoms in total. The highest BCUT2D eigenvalue weighted by atomic mass is 19.1. The van der Waals surface area contributed by atoms with E-state index in [2.05, 4.69) is 11.1 Å². The number of halogens is 1. The van der Waals surface area contributed by atoms with E-state index < -0.39 is 6.67 Å². The first-order valence-electron chi connectivity index (χ1n) is 3.44. The van der Waals surface area contributed by atoms with Gasteiger partial charge in [0.2, 0.25) is 0 Å². The monoisotopic (exact) mass is 148 g/mol. The van der Waals surface area contributed by atoms with Gasteiger partial charge in [-0.1, -0.05) is 6.07 Å². The molecule has 2 aromatic rings. The van der Waals surface area contributed by atoms with Crippen molar-refractivity contribution in [2.75, 3.05) is 0 Å². The summed E-state index contributed by atoms with van der Waals surface area (Å²) in [7, 11) is 0. The lowest BCUT2D eigenvalue weighted by molar-refractivity contribution is 0.485. The second kappa shape index (κ2) is 2.38. The Kier molecular flexibility index (Phi) is 1.39. The molecule has 11 heavy (non-hydrogen) atoms. The molecule has 0 saturated carbocycles. The van der Waals surface area contributed by atoms with E-state index in [1.54, 1.807) is 18.3 Å². The largest absolute Gasteiger partial charge is 0.361 e. The Hall–Kier alpha value is -1.31. The van der Waals surface area contributed by atoms with E-state index in [0.29, 0.717) is 5.56 Å². The Labute approximate surface area is 63.9 Å². The number of nitrogens with one attached hydrogen (secondary N) is 1. The molecule has 1 heterocycles. The second-order valence-corrected chi connectivity index (χ2v) is 2.45. The number of hydrogen-bond acceptors (Lipinski definition) is 0. The van der Waals surface area contributed by atoms with E-state index in [1.807, 2.05) is 6.07 Å². The fourth-order valence-corrected chi connectivity index (χ4v) is 1.11. The molecule has 1 radical (unpaired) electrons. The SMILES string of the molecule is FCc1ccc2[nH]c[c]c2c1. The van der Waals surface area contributed by atoms with Gasteiger partial charge in [-0.2, -0.15) is 0 Å². The number of hydrogen-bond donors (Lipinski definition) is 1. The van der Waals surface area contributed by atoms with Gasteiger partial charge in [-0.3, -0.25) is 0 Å². The molecule has 1 aromatic heterocycles. The summed E-state index contributed by atoms with van der Waals surface area (Å²) in [6.45, 7) is -0.408. The van der Waals surface area contributed by atoms with Crippen LogP contribution in [0.25, 0.3) is 10.9 Å². The third kappa shape index (κ3) is 1.00. The zero-order valence-corrected chi connectivity index (χ0v) is 5.89. The van der Waals surface area contributed by atoms with E-state index in [1.165, 1.54) is 0 Å². The maximum atomic E-state index is 12.1. The Morgan fingerprint density at radius 1 is 1.45 bits per heavy atom. The number of rotatable bonds is 1. The summed E-state index contributed by atoms with van der Waals surface area (Å²) in [4.78, 5) is 2.99. The molecule has 0 amide bonds. The normalized spacial score (nSPS) is 10.6. The minimum Gasteiger partial charge on any atom is -0.361 e. The number of aromatic amines is 1. The van der Waals surface area contributed by atoms with Crippen molar-refractivity contribution in [2.45, 2.75) is 6.67 Å². The van der Waals surface area contributed by atoms with Crippen molar-refractivity contribution in [1.29, 1.82) is 0 Å². The van der Waals surface area contributed by atoms with Crippen molar-refractivity contribution >= 4 is 10.9 Å². The summed E-state index contributed by atoms with van der Waals surface area (Å²) in [6.07, 6.45) is 1.73. The first-order valence-corrected chi connectivity index (χ1v) is 3.44. The summed E-state index contributed by atoms with van der Waals surface area (Å²) in [5, 5.41) is 0.945. The minimum absolute atomic E-state index is 0.408. The maximum absolute atomic E-state index is 12.1. The lowest BCUT2D eigenvalue weighted by Gasteiger charge is -1.92. The Morgan fingerprint density at radius 2 is 2.36 bits per heavy atom. The van der Waals surface area contributed by atoms with Crippen LogP contribution in [-0.4, -0.2) is 4.98 Å². The van der Waals surface area contributed by atoms with Crippen LogP contribution in [0.4, 0.5) is 4.39 Å².